The van der Waals surface area contributed by atoms with Crippen molar-refractivity contribution in [3.05, 3.63) is 45.6 Å². The molecule has 27 heavy (non-hydrogen) atoms. The minimum Gasteiger partial charge on any atom is -0.492 e. The Bertz CT molecular complexity index is 906. The smallest absolute Gasteiger partial charge is 0.345 e. The second-order valence-electron chi connectivity index (χ2n) is 7.40. The summed E-state index contributed by atoms with van der Waals surface area (Å²) in [6.45, 7) is 4.73. The Hall–Kier alpha value is -2.57. The Morgan fingerprint density at radius 3 is 2.81 bits per heavy atom. The number of fused-ring (bicyclic) bond motifs is 1. The number of carbonyl (C=O) groups is 1. The number of amides is 1. The molecule has 2 aliphatic heterocycles. The van der Waals surface area contributed by atoms with Gasteiger partial charge in [0.2, 0.25) is 0 Å². The first kappa shape index (κ1) is 17.8. The van der Waals surface area contributed by atoms with Gasteiger partial charge < -0.3 is 9.64 Å². The highest BCUT2D eigenvalue weighted by molar-refractivity contribution is 5.97. The first-order valence-electron chi connectivity index (χ1n) is 9.75. The highest BCUT2D eigenvalue weighted by atomic mass is 16.5. The summed E-state index contributed by atoms with van der Waals surface area (Å²) in [4.78, 5) is 26.9. The lowest BCUT2D eigenvalue weighted by Gasteiger charge is -2.32. The van der Waals surface area contributed by atoms with Gasteiger partial charge in [-0.05, 0) is 37.3 Å². The molecule has 1 amide bonds. The third-order valence-corrected chi connectivity index (χ3v) is 5.72. The van der Waals surface area contributed by atoms with Crippen LogP contribution in [0.5, 0.6) is 5.75 Å². The average Bonchev–Trinajstić information content (AvgIpc) is 3.26. The summed E-state index contributed by atoms with van der Waals surface area (Å²) in [5.41, 5.74) is 1.76. The maximum absolute atomic E-state index is 13.0. The molecule has 2 aliphatic rings. The van der Waals surface area contributed by atoms with Crippen LogP contribution in [0.4, 0.5) is 0 Å². The molecule has 1 aromatic carbocycles. The number of aromatic nitrogens is 3. The maximum Gasteiger partial charge on any atom is 0.345 e. The molecule has 4 rings (SSSR count). The van der Waals surface area contributed by atoms with Gasteiger partial charge in [-0.2, -0.15) is 5.10 Å². The zero-order valence-electron chi connectivity index (χ0n) is 16.0. The summed E-state index contributed by atoms with van der Waals surface area (Å²) in [6, 6.07) is 5.84. The fraction of sp³-hybridized carbons (Fsp3) is 0.550. The number of carbonyl (C=O) groups excluding carboxylic acids is 1. The summed E-state index contributed by atoms with van der Waals surface area (Å²) in [5.74, 6) is 2.13. The zero-order chi connectivity index (χ0) is 19.0. The molecular formula is C20H26N4O3. The summed E-state index contributed by atoms with van der Waals surface area (Å²) in [6.07, 6.45) is 3.52. The fourth-order valence-electron chi connectivity index (χ4n) is 4.18. The predicted octanol–water partition coefficient (Wildman–Crippen LogP) is 1.63. The Balaban J connectivity index is 1.41. The van der Waals surface area contributed by atoms with Crippen molar-refractivity contribution >= 4 is 5.91 Å². The van der Waals surface area contributed by atoms with Gasteiger partial charge in [0.1, 0.15) is 11.6 Å². The minimum absolute atomic E-state index is 0.0574. The molecule has 7 nitrogen and oxygen atoms in total. The van der Waals surface area contributed by atoms with Crippen molar-refractivity contribution in [3.63, 3.8) is 0 Å². The number of nitrogens with zero attached hydrogens (tertiary/aromatic N) is 4. The van der Waals surface area contributed by atoms with Crippen molar-refractivity contribution < 1.29 is 9.53 Å². The van der Waals surface area contributed by atoms with Crippen LogP contribution >= 0.6 is 0 Å². The van der Waals surface area contributed by atoms with E-state index in [2.05, 4.69) is 5.10 Å². The Kier molecular flexibility index (Phi) is 4.76. The number of hydrogen-bond donors (Lipinski definition) is 0. The lowest BCUT2D eigenvalue weighted by atomic mass is 9.92. The summed E-state index contributed by atoms with van der Waals surface area (Å²) < 4.78 is 8.84. The van der Waals surface area contributed by atoms with E-state index in [1.165, 1.54) is 4.68 Å². The number of para-hydroxylation sites is 1. The Morgan fingerprint density at radius 2 is 2.07 bits per heavy atom. The second kappa shape index (κ2) is 7.21. The van der Waals surface area contributed by atoms with Crippen molar-refractivity contribution in [2.45, 2.75) is 39.2 Å². The lowest BCUT2D eigenvalue weighted by Crippen LogP contribution is -2.39. The lowest BCUT2D eigenvalue weighted by molar-refractivity contribution is 0.0686. The van der Waals surface area contributed by atoms with E-state index >= 15 is 0 Å². The van der Waals surface area contributed by atoms with E-state index in [1.54, 1.807) is 11.6 Å². The van der Waals surface area contributed by atoms with Crippen LogP contribution in [-0.4, -0.2) is 44.9 Å². The van der Waals surface area contributed by atoms with Gasteiger partial charge >= 0.3 is 5.69 Å². The largest absolute Gasteiger partial charge is 0.492 e. The van der Waals surface area contributed by atoms with E-state index in [-0.39, 0.29) is 11.6 Å². The molecule has 3 heterocycles. The van der Waals surface area contributed by atoms with Gasteiger partial charge in [0.05, 0.1) is 12.2 Å². The molecule has 0 atom stereocenters. The number of hydrogen-bond acceptors (Lipinski definition) is 4. The van der Waals surface area contributed by atoms with Crippen LogP contribution in [0.25, 0.3) is 0 Å². The van der Waals surface area contributed by atoms with E-state index in [9.17, 15) is 9.59 Å². The topological polar surface area (TPSA) is 69.4 Å². The van der Waals surface area contributed by atoms with Gasteiger partial charge in [-0.1, -0.05) is 12.1 Å². The number of rotatable bonds is 4. The van der Waals surface area contributed by atoms with Crippen molar-refractivity contribution in [2.75, 3.05) is 19.7 Å². The molecule has 0 spiro atoms. The fourth-order valence-corrected chi connectivity index (χ4v) is 4.18. The summed E-state index contributed by atoms with van der Waals surface area (Å²) >= 11 is 0. The monoisotopic (exact) mass is 370 g/mol. The first-order chi connectivity index (χ1) is 13.1. The van der Waals surface area contributed by atoms with Crippen LogP contribution in [0, 0.1) is 5.92 Å². The third-order valence-electron chi connectivity index (χ3n) is 5.72. The van der Waals surface area contributed by atoms with Gasteiger partial charge in [-0.15, -0.1) is 0 Å². The molecule has 0 bridgehead atoms. The quantitative estimate of drug-likeness (QED) is 0.820. The summed E-state index contributed by atoms with van der Waals surface area (Å²) in [5, 5.41) is 4.39. The molecule has 7 heteroatoms. The van der Waals surface area contributed by atoms with Crippen LogP contribution in [0.1, 0.15) is 41.5 Å². The molecule has 1 fully saturated rings. The van der Waals surface area contributed by atoms with Crippen LogP contribution in [-0.2, 0) is 26.4 Å². The number of likely N-dealkylation sites (tertiary alicyclic amines) is 1. The predicted molar refractivity (Wildman–Crippen MR) is 101 cm³/mol. The van der Waals surface area contributed by atoms with Crippen molar-refractivity contribution in [2.24, 2.45) is 13.0 Å². The molecule has 1 saturated heterocycles. The van der Waals surface area contributed by atoms with E-state index in [0.29, 0.717) is 24.6 Å². The Labute approximate surface area is 158 Å². The van der Waals surface area contributed by atoms with E-state index < -0.39 is 0 Å². The maximum atomic E-state index is 13.0. The van der Waals surface area contributed by atoms with E-state index in [4.69, 9.17) is 4.74 Å². The second-order valence-corrected chi connectivity index (χ2v) is 7.40. The van der Waals surface area contributed by atoms with Crippen LogP contribution < -0.4 is 10.4 Å². The first-order valence-corrected chi connectivity index (χ1v) is 9.75. The van der Waals surface area contributed by atoms with Gasteiger partial charge in [-0.25, -0.2) is 9.48 Å². The minimum atomic E-state index is -0.0574. The van der Waals surface area contributed by atoms with E-state index in [0.717, 1.165) is 55.9 Å². The number of ether oxygens (including phenoxy) is 1. The van der Waals surface area contributed by atoms with Crippen molar-refractivity contribution in [3.8, 4) is 5.75 Å². The molecule has 0 N–H and O–H groups in total. The number of aryl methyl sites for hydroxylation is 1. The SMILES string of the molecule is CCn1c(CC2CCN(C(=O)c3cccc4c3OCC4)CC2)nn(C)c1=O. The van der Waals surface area contributed by atoms with Crippen LogP contribution in [0.3, 0.4) is 0 Å². The van der Waals surface area contributed by atoms with Crippen LogP contribution in [0.2, 0.25) is 0 Å². The molecule has 144 valence electrons. The molecule has 0 radical (unpaired) electrons. The zero-order valence-corrected chi connectivity index (χ0v) is 16.0. The molecule has 0 saturated carbocycles. The molecule has 0 aliphatic carbocycles. The number of benzene rings is 1. The standard InChI is InChI=1S/C20H26N4O3/c1-3-24-17(21-22(2)20(24)26)13-14-7-10-23(11-8-14)19(25)16-6-4-5-15-9-12-27-18(15)16/h4-6,14H,3,7-13H2,1-2H3. The highest BCUT2D eigenvalue weighted by Crippen LogP contribution is 2.31. The number of piperidine rings is 1. The normalized spacial score (nSPS) is 17.0. The molecule has 1 aromatic heterocycles. The molecule has 2 aromatic rings. The molecule has 0 unspecified atom stereocenters. The Morgan fingerprint density at radius 1 is 1.30 bits per heavy atom. The average molecular weight is 370 g/mol. The van der Waals surface area contributed by atoms with Crippen molar-refractivity contribution in [1.82, 2.24) is 19.2 Å². The van der Waals surface area contributed by atoms with Gasteiger partial charge in [0.25, 0.3) is 5.91 Å². The van der Waals surface area contributed by atoms with Crippen molar-refractivity contribution in [1.29, 1.82) is 0 Å². The van der Waals surface area contributed by atoms with Crippen LogP contribution in [0.15, 0.2) is 23.0 Å². The van der Waals surface area contributed by atoms with Gasteiger partial charge in [0.15, 0.2) is 0 Å². The van der Waals surface area contributed by atoms with Gasteiger partial charge in [0, 0.05) is 39.5 Å². The van der Waals surface area contributed by atoms with E-state index in [1.807, 2.05) is 30.0 Å². The molecular weight excluding hydrogens is 344 g/mol. The highest BCUT2D eigenvalue weighted by Gasteiger charge is 2.28. The summed E-state index contributed by atoms with van der Waals surface area (Å²) in [7, 11) is 1.69. The third kappa shape index (κ3) is 3.26. The van der Waals surface area contributed by atoms with Gasteiger partial charge in [-0.3, -0.25) is 9.36 Å².